The van der Waals surface area contributed by atoms with Crippen LogP contribution in [0.1, 0.15) is 64.2 Å². The fourth-order valence-corrected chi connectivity index (χ4v) is 4.25. The normalized spacial score (nSPS) is 25.4. The topological polar surface area (TPSA) is 95.0 Å². The van der Waals surface area contributed by atoms with Gasteiger partial charge in [-0.15, -0.1) is 0 Å². The number of carboxylic acid groups (broad SMARTS) is 1. The summed E-state index contributed by atoms with van der Waals surface area (Å²) in [5.74, 6) is -4.93. The van der Waals surface area contributed by atoms with E-state index in [2.05, 4.69) is 0 Å². The second kappa shape index (κ2) is 6.91. The van der Waals surface area contributed by atoms with Gasteiger partial charge < -0.3 is 5.11 Å². The quantitative estimate of drug-likeness (QED) is 0.797. The summed E-state index contributed by atoms with van der Waals surface area (Å²) >= 11 is 0. The predicted molar refractivity (Wildman–Crippen MR) is 84.0 cm³/mol. The molecule has 132 valence electrons. The summed E-state index contributed by atoms with van der Waals surface area (Å²) in [6.07, 6.45) is 8.53. The second-order valence-corrected chi connectivity index (χ2v) is 7.05. The number of nitrogens with zero attached hydrogens (tertiary/aromatic N) is 2. The predicted octanol–water partition coefficient (Wildman–Crippen LogP) is 2.14. The van der Waals surface area contributed by atoms with Crippen LogP contribution in [0, 0.1) is 5.92 Å². The van der Waals surface area contributed by atoms with Gasteiger partial charge in [0.1, 0.15) is 0 Å². The van der Waals surface area contributed by atoms with Gasteiger partial charge in [0.15, 0.2) is 0 Å². The Morgan fingerprint density at radius 1 is 0.750 bits per heavy atom. The summed E-state index contributed by atoms with van der Waals surface area (Å²) in [6, 6.07) is -1.15. The van der Waals surface area contributed by atoms with Crippen LogP contribution in [0.15, 0.2) is 0 Å². The van der Waals surface area contributed by atoms with Crippen LogP contribution in [0.5, 0.6) is 0 Å². The lowest BCUT2D eigenvalue weighted by molar-refractivity contribution is -0.162. The summed E-state index contributed by atoms with van der Waals surface area (Å²) in [6.45, 7) is 0. The molecule has 24 heavy (non-hydrogen) atoms. The zero-order valence-electron chi connectivity index (χ0n) is 13.8. The maximum atomic E-state index is 12.9. The lowest BCUT2D eigenvalue weighted by Gasteiger charge is -2.44. The molecule has 0 atom stereocenters. The number of imide groups is 2. The molecule has 2 aliphatic carbocycles. The molecular formula is C17H24N2O5. The van der Waals surface area contributed by atoms with Crippen molar-refractivity contribution in [3.63, 3.8) is 0 Å². The summed E-state index contributed by atoms with van der Waals surface area (Å²) in [5.41, 5.74) is 0. The molecular weight excluding hydrogens is 312 g/mol. The van der Waals surface area contributed by atoms with Crippen molar-refractivity contribution in [2.45, 2.75) is 76.3 Å². The van der Waals surface area contributed by atoms with Gasteiger partial charge in [-0.05, 0) is 25.7 Å². The largest absolute Gasteiger partial charge is 0.480 e. The molecule has 0 spiro atoms. The van der Waals surface area contributed by atoms with Crippen molar-refractivity contribution in [1.82, 2.24) is 9.80 Å². The van der Waals surface area contributed by atoms with E-state index in [1.807, 2.05) is 0 Å². The number of carbonyl (C=O) groups is 4. The van der Waals surface area contributed by atoms with Crippen molar-refractivity contribution in [2.24, 2.45) is 5.92 Å². The molecule has 1 N–H and O–H groups in total. The van der Waals surface area contributed by atoms with E-state index in [1.54, 1.807) is 0 Å². The molecule has 1 heterocycles. The molecule has 0 unspecified atom stereocenters. The van der Waals surface area contributed by atoms with Gasteiger partial charge in [-0.1, -0.05) is 38.5 Å². The molecule has 3 fully saturated rings. The zero-order chi connectivity index (χ0) is 17.3. The van der Waals surface area contributed by atoms with Crippen molar-refractivity contribution in [3.05, 3.63) is 0 Å². The Labute approximate surface area is 141 Å². The van der Waals surface area contributed by atoms with Gasteiger partial charge >= 0.3 is 12.0 Å². The van der Waals surface area contributed by atoms with Crippen LogP contribution >= 0.6 is 0 Å². The zero-order valence-corrected chi connectivity index (χ0v) is 13.8. The maximum Gasteiger partial charge on any atom is 0.333 e. The third kappa shape index (κ3) is 2.91. The smallest absolute Gasteiger partial charge is 0.333 e. The highest BCUT2D eigenvalue weighted by Gasteiger charge is 2.53. The van der Waals surface area contributed by atoms with Crippen molar-refractivity contribution in [3.8, 4) is 0 Å². The van der Waals surface area contributed by atoms with Crippen molar-refractivity contribution in [1.29, 1.82) is 0 Å². The number of carboxylic acids is 1. The monoisotopic (exact) mass is 336 g/mol. The molecule has 0 aromatic carbocycles. The molecule has 7 nitrogen and oxygen atoms in total. The van der Waals surface area contributed by atoms with Gasteiger partial charge in [0, 0.05) is 12.1 Å². The third-order valence-corrected chi connectivity index (χ3v) is 5.51. The summed E-state index contributed by atoms with van der Waals surface area (Å²) in [4.78, 5) is 51.8. The first kappa shape index (κ1) is 16.9. The van der Waals surface area contributed by atoms with Crippen LogP contribution < -0.4 is 0 Å². The van der Waals surface area contributed by atoms with Crippen LogP contribution in [0.3, 0.4) is 0 Å². The molecule has 7 heteroatoms. The highest BCUT2D eigenvalue weighted by molar-refractivity contribution is 6.25. The Bertz CT molecular complexity index is 509. The van der Waals surface area contributed by atoms with Gasteiger partial charge in [-0.3, -0.25) is 24.2 Å². The van der Waals surface area contributed by atoms with E-state index >= 15 is 0 Å². The SMILES string of the molecule is O=C(O)C1C(=O)N(C2CCCCC2)C(=O)N(C2CCCCC2)C1=O. The fraction of sp³-hybridized carbons (Fsp3) is 0.765. The highest BCUT2D eigenvalue weighted by atomic mass is 16.4. The number of barbiturate groups is 1. The first-order valence-electron chi connectivity index (χ1n) is 8.95. The average Bonchev–Trinajstić information content (AvgIpc) is 2.56. The van der Waals surface area contributed by atoms with Crippen LogP contribution in [0.25, 0.3) is 0 Å². The number of amides is 4. The molecule has 1 saturated heterocycles. The Morgan fingerprint density at radius 3 is 1.46 bits per heavy atom. The Hall–Kier alpha value is -1.92. The molecule has 0 aromatic heterocycles. The minimum Gasteiger partial charge on any atom is -0.480 e. The molecule has 3 rings (SSSR count). The highest BCUT2D eigenvalue weighted by Crippen LogP contribution is 2.32. The number of hydrogen-bond acceptors (Lipinski definition) is 4. The number of rotatable bonds is 3. The van der Waals surface area contributed by atoms with Crippen molar-refractivity contribution >= 4 is 23.8 Å². The molecule has 1 aliphatic heterocycles. The van der Waals surface area contributed by atoms with Gasteiger partial charge in [0.2, 0.25) is 5.92 Å². The molecule has 0 bridgehead atoms. The van der Waals surface area contributed by atoms with E-state index in [9.17, 15) is 24.3 Å². The standard InChI is InChI=1S/C17H24N2O5/c20-14-13(16(22)23)15(21)19(12-9-5-2-6-10-12)17(24)18(14)11-7-3-1-4-8-11/h11-13H,1-10H2,(H,22,23). The number of carbonyl (C=O) groups excluding carboxylic acids is 3. The van der Waals surface area contributed by atoms with Crippen molar-refractivity contribution < 1.29 is 24.3 Å². The van der Waals surface area contributed by atoms with Crippen LogP contribution in [-0.2, 0) is 14.4 Å². The summed E-state index contributed by atoms with van der Waals surface area (Å²) in [7, 11) is 0. The summed E-state index contributed by atoms with van der Waals surface area (Å²) < 4.78 is 0. The van der Waals surface area contributed by atoms with Gasteiger partial charge in [0.05, 0.1) is 0 Å². The third-order valence-electron chi connectivity index (χ3n) is 5.51. The van der Waals surface area contributed by atoms with E-state index in [1.165, 1.54) is 0 Å². The average molecular weight is 336 g/mol. The van der Waals surface area contributed by atoms with E-state index in [4.69, 9.17) is 0 Å². The number of aliphatic carboxylic acids is 1. The molecule has 2 saturated carbocycles. The first-order valence-corrected chi connectivity index (χ1v) is 8.95. The van der Waals surface area contributed by atoms with Crippen LogP contribution in [-0.4, -0.2) is 50.8 Å². The van der Waals surface area contributed by atoms with E-state index in [-0.39, 0.29) is 12.1 Å². The van der Waals surface area contributed by atoms with Gasteiger partial charge in [-0.25, -0.2) is 4.79 Å². The molecule has 0 aromatic rings. The van der Waals surface area contributed by atoms with Crippen LogP contribution in [0.4, 0.5) is 4.79 Å². The maximum absolute atomic E-state index is 12.9. The van der Waals surface area contributed by atoms with E-state index in [0.717, 1.165) is 48.3 Å². The molecule has 0 radical (unpaired) electrons. The minimum atomic E-state index is -1.77. The first-order chi connectivity index (χ1) is 11.5. The van der Waals surface area contributed by atoms with Gasteiger partial charge in [-0.2, -0.15) is 0 Å². The lowest BCUT2D eigenvalue weighted by atomic mass is 9.89. The number of hydrogen-bond donors (Lipinski definition) is 1. The molecule has 4 amide bonds. The Morgan fingerprint density at radius 2 is 1.12 bits per heavy atom. The van der Waals surface area contributed by atoms with Crippen molar-refractivity contribution in [2.75, 3.05) is 0 Å². The van der Waals surface area contributed by atoms with Gasteiger partial charge in [0.25, 0.3) is 11.8 Å². The molecule has 3 aliphatic rings. The fourth-order valence-electron chi connectivity index (χ4n) is 4.25. The van der Waals surface area contributed by atoms with E-state index in [0.29, 0.717) is 25.7 Å². The number of urea groups is 1. The second-order valence-electron chi connectivity index (χ2n) is 7.05. The van der Waals surface area contributed by atoms with E-state index < -0.39 is 29.7 Å². The Balaban J connectivity index is 1.92. The Kier molecular flexibility index (Phi) is 4.87. The lowest BCUT2D eigenvalue weighted by Crippen LogP contribution is -2.66. The van der Waals surface area contributed by atoms with Crippen LogP contribution in [0.2, 0.25) is 0 Å². The summed E-state index contributed by atoms with van der Waals surface area (Å²) in [5, 5.41) is 9.39. The minimum absolute atomic E-state index is 0.278.